The predicted octanol–water partition coefficient (Wildman–Crippen LogP) is 3.40. The van der Waals surface area contributed by atoms with Gasteiger partial charge in [-0.25, -0.2) is 8.42 Å². The monoisotopic (exact) mass is 416 g/mol. The molecule has 2 aromatic rings. The normalized spacial score (nSPS) is 20.4. The summed E-state index contributed by atoms with van der Waals surface area (Å²) in [5.74, 6) is -0.159. The van der Waals surface area contributed by atoms with Gasteiger partial charge in [0.05, 0.1) is 23.6 Å². The summed E-state index contributed by atoms with van der Waals surface area (Å²) < 4.78 is 33.2. The second-order valence-electron chi connectivity index (χ2n) is 7.65. The largest absolute Gasteiger partial charge is 0.377 e. The molecule has 0 bridgehead atoms. The standard InChI is InChI=1S/C22H28N2O4S/c1-15-7-5-8-16(2)22(15)23-12-21(25)19-9-6-10-20(11-19)29(26,27)24-13-17(3)28-18(4)14-24/h5-11,17-18,23H,12-14H2,1-4H3. The maximum atomic E-state index is 13.1. The molecule has 6 nitrogen and oxygen atoms in total. The van der Waals surface area contributed by atoms with Gasteiger partial charge in [0.25, 0.3) is 0 Å². The van der Waals surface area contributed by atoms with Gasteiger partial charge in [-0.2, -0.15) is 4.31 Å². The number of rotatable bonds is 6. The minimum Gasteiger partial charge on any atom is -0.377 e. The van der Waals surface area contributed by atoms with Crippen molar-refractivity contribution in [1.29, 1.82) is 0 Å². The summed E-state index contributed by atoms with van der Waals surface area (Å²) in [6.07, 6.45) is -0.334. The maximum Gasteiger partial charge on any atom is 0.243 e. The lowest BCUT2D eigenvalue weighted by molar-refractivity contribution is -0.0440. The summed E-state index contributed by atoms with van der Waals surface area (Å²) >= 11 is 0. The van der Waals surface area contributed by atoms with Crippen LogP contribution in [0.3, 0.4) is 0 Å². The summed E-state index contributed by atoms with van der Waals surface area (Å²) in [6.45, 7) is 8.39. The lowest BCUT2D eigenvalue weighted by atomic mass is 10.1. The van der Waals surface area contributed by atoms with Crippen molar-refractivity contribution < 1.29 is 17.9 Å². The number of nitrogens with zero attached hydrogens (tertiary/aromatic N) is 1. The SMILES string of the molecule is Cc1cccc(C)c1NCC(=O)c1cccc(S(=O)(=O)N2CC(C)OC(C)C2)c1. The Kier molecular flexibility index (Phi) is 6.41. The Morgan fingerprint density at radius 2 is 1.66 bits per heavy atom. The van der Waals surface area contributed by atoms with Gasteiger partial charge >= 0.3 is 0 Å². The molecule has 0 aromatic heterocycles. The van der Waals surface area contributed by atoms with Crippen molar-refractivity contribution in [2.24, 2.45) is 0 Å². The fourth-order valence-corrected chi connectivity index (χ4v) is 5.31. The predicted molar refractivity (Wildman–Crippen MR) is 114 cm³/mol. The van der Waals surface area contributed by atoms with Gasteiger partial charge in [0.2, 0.25) is 10.0 Å². The van der Waals surface area contributed by atoms with Crippen LogP contribution in [0, 0.1) is 13.8 Å². The van der Waals surface area contributed by atoms with Gasteiger partial charge in [0.15, 0.2) is 5.78 Å². The van der Waals surface area contributed by atoms with Crippen molar-refractivity contribution in [3.63, 3.8) is 0 Å². The van der Waals surface area contributed by atoms with Crippen molar-refractivity contribution in [3.05, 3.63) is 59.2 Å². The third-order valence-electron chi connectivity index (χ3n) is 5.09. The van der Waals surface area contributed by atoms with Crippen LogP contribution >= 0.6 is 0 Å². The number of aryl methyl sites for hydroxylation is 2. The first-order valence-corrected chi connectivity index (χ1v) is 11.2. The molecule has 29 heavy (non-hydrogen) atoms. The minimum absolute atomic E-state index is 0.0980. The van der Waals surface area contributed by atoms with E-state index in [0.29, 0.717) is 18.7 Å². The van der Waals surface area contributed by atoms with E-state index in [-0.39, 0.29) is 29.4 Å². The van der Waals surface area contributed by atoms with Gasteiger partial charge in [-0.05, 0) is 51.0 Å². The quantitative estimate of drug-likeness (QED) is 0.731. The molecule has 1 saturated heterocycles. The molecule has 0 spiro atoms. The van der Waals surface area contributed by atoms with Crippen molar-refractivity contribution in [3.8, 4) is 0 Å². The number of sulfonamides is 1. The molecular formula is C22H28N2O4S. The van der Waals surface area contributed by atoms with E-state index < -0.39 is 10.0 Å². The van der Waals surface area contributed by atoms with Crippen LogP contribution in [-0.2, 0) is 14.8 Å². The second kappa shape index (κ2) is 8.65. The minimum atomic E-state index is -3.68. The molecular weight excluding hydrogens is 388 g/mol. The highest BCUT2D eigenvalue weighted by molar-refractivity contribution is 7.89. The smallest absolute Gasteiger partial charge is 0.243 e. The van der Waals surface area contributed by atoms with Crippen molar-refractivity contribution in [2.45, 2.75) is 44.8 Å². The van der Waals surface area contributed by atoms with E-state index in [0.717, 1.165) is 16.8 Å². The van der Waals surface area contributed by atoms with E-state index >= 15 is 0 Å². The van der Waals surface area contributed by atoms with Crippen LogP contribution in [0.15, 0.2) is 47.4 Å². The molecule has 156 valence electrons. The zero-order valence-electron chi connectivity index (χ0n) is 17.3. The summed E-state index contributed by atoms with van der Waals surface area (Å²) in [4.78, 5) is 12.8. The molecule has 1 N–H and O–H groups in total. The van der Waals surface area contributed by atoms with Crippen LogP contribution in [0.25, 0.3) is 0 Å². The zero-order valence-corrected chi connectivity index (χ0v) is 18.1. The molecule has 1 fully saturated rings. The summed E-state index contributed by atoms with van der Waals surface area (Å²) in [7, 11) is -3.68. The number of hydrogen-bond acceptors (Lipinski definition) is 5. The number of morpholine rings is 1. The Morgan fingerprint density at radius 1 is 1.07 bits per heavy atom. The number of para-hydroxylation sites is 1. The molecule has 0 radical (unpaired) electrons. The Morgan fingerprint density at radius 3 is 2.28 bits per heavy atom. The number of nitrogens with one attached hydrogen (secondary N) is 1. The Bertz CT molecular complexity index is 973. The Balaban J connectivity index is 1.77. The summed E-state index contributed by atoms with van der Waals surface area (Å²) in [5.41, 5.74) is 3.43. The van der Waals surface area contributed by atoms with Gasteiger partial charge in [-0.1, -0.05) is 30.3 Å². The van der Waals surface area contributed by atoms with Crippen molar-refractivity contribution in [2.75, 3.05) is 25.0 Å². The van der Waals surface area contributed by atoms with Gasteiger partial charge < -0.3 is 10.1 Å². The lowest BCUT2D eigenvalue weighted by Crippen LogP contribution is -2.48. The first-order valence-electron chi connectivity index (χ1n) is 9.77. The van der Waals surface area contributed by atoms with E-state index in [4.69, 9.17) is 4.74 Å². The van der Waals surface area contributed by atoms with E-state index in [1.54, 1.807) is 12.1 Å². The summed E-state index contributed by atoms with van der Waals surface area (Å²) in [6, 6.07) is 12.2. The van der Waals surface area contributed by atoms with Crippen LogP contribution in [0.1, 0.15) is 35.3 Å². The number of Topliss-reactive ketones (excluding diaryl/α,β-unsaturated/α-hetero) is 1. The van der Waals surface area contributed by atoms with E-state index in [1.807, 2.05) is 45.9 Å². The third-order valence-corrected chi connectivity index (χ3v) is 6.91. The first kappa shape index (κ1) is 21.5. The zero-order chi connectivity index (χ0) is 21.2. The number of ketones is 1. The van der Waals surface area contributed by atoms with Crippen LogP contribution in [-0.4, -0.2) is 50.3 Å². The fraction of sp³-hybridized carbons (Fsp3) is 0.409. The Labute approximate surface area is 172 Å². The molecule has 1 aliphatic heterocycles. The first-order chi connectivity index (χ1) is 13.7. The van der Waals surface area contributed by atoms with Gasteiger partial charge in [0.1, 0.15) is 0 Å². The number of benzene rings is 2. The van der Waals surface area contributed by atoms with Crippen molar-refractivity contribution >= 4 is 21.5 Å². The molecule has 2 unspecified atom stereocenters. The highest BCUT2D eigenvalue weighted by atomic mass is 32.2. The van der Waals surface area contributed by atoms with Crippen LogP contribution < -0.4 is 5.32 Å². The fourth-order valence-electron chi connectivity index (χ4n) is 3.67. The van der Waals surface area contributed by atoms with Crippen molar-refractivity contribution in [1.82, 2.24) is 4.31 Å². The second-order valence-corrected chi connectivity index (χ2v) is 9.59. The molecule has 0 amide bonds. The molecule has 7 heteroatoms. The van der Waals surface area contributed by atoms with E-state index in [1.165, 1.54) is 16.4 Å². The van der Waals surface area contributed by atoms with Gasteiger partial charge in [-0.15, -0.1) is 0 Å². The topological polar surface area (TPSA) is 75.7 Å². The molecule has 0 aliphatic carbocycles. The maximum absolute atomic E-state index is 13.1. The Hall–Kier alpha value is -2.22. The van der Waals surface area contributed by atoms with Crippen LogP contribution in [0.5, 0.6) is 0 Å². The average molecular weight is 417 g/mol. The molecule has 1 heterocycles. The van der Waals surface area contributed by atoms with E-state index in [2.05, 4.69) is 5.32 Å². The van der Waals surface area contributed by atoms with E-state index in [9.17, 15) is 13.2 Å². The lowest BCUT2D eigenvalue weighted by Gasteiger charge is -2.34. The molecule has 1 aliphatic rings. The number of anilines is 1. The highest BCUT2D eigenvalue weighted by Gasteiger charge is 2.32. The molecule has 0 saturated carbocycles. The molecule has 3 rings (SSSR count). The van der Waals surface area contributed by atoms with Crippen LogP contribution in [0.2, 0.25) is 0 Å². The molecule has 2 atom stereocenters. The number of carbonyl (C=O) groups excluding carboxylic acids is 1. The van der Waals surface area contributed by atoms with Crippen LogP contribution in [0.4, 0.5) is 5.69 Å². The number of carbonyl (C=O) groups is 1. The van der Waals surface area contributed by atoms with Gasteiger partial charge in [0, 0.05) is 24.3 Å². The van der Waals surface area contributed by atoms with Gasteiger partial charge in [-0.3, -0.25) is 4.79 Å². The number of ether oxygens (including phenoxy) is 1. The highest BCUT2D eigenvalue weighted by Crippen LogP contribution is 2.23. The average Bonchev–Trinajstić information content (AvgIpc) is 2.67. The third kappa shape index (κ3) is 4.86. The number of hydrogen-bond donors (Lipinski definition) is 1. The summed E-state index contributed by atoms with van der Waals surface area (Å²) in [5, 5.41) is 3.19. The molecule has 2 aromatic carbocycles.